The molecular formula is C23H30FN6O6P. The van der Waals surface area contributed by atoms with Crippen LogP contribution in [-0.4, -0.2) is 69.1 Å². The fourth-order valence-electron chi connectivity index (χ4n) is 3.76. The number of aromatic nitrogens is 4. The van der Waals surface area contributed by atoms with E-state index in [1.807, 2.05) is 0 Å². The van der Waals surface area contributed by atoms with Crippen LogP contribution in [-0.2, 0) is 18.6 Å². The van der Waals surface area contributed by atoms with Crippen molar-refractivity contribution in [3.05, 3.63) is 36.7 Å². The third-order valence-electron chi connectivity index (χ3n) is 5.87. The lowest BCUT2D eigenvalue weighted by Gasteiger charge is -2.26. The van der Waals surface area contributed by atoms with Gasteiger partial charge in [0, 0.05) is 20.0 Å². The Kier molecular flexibility index (Phi) is 7.79. The smallest absolute Gasteiger partial charge is 0.367 e. The third-order valence-corrected chi connectivity index (χ3v) is 6.65. The molecule has 1 amide bonds. The highest BCUT2D eigenvalue weighted by molar-refractivity contribution is 7.33. The zero-order valence-corrected chi connectivity index (χ0v) is 22.1. The summed E-state index contributed by atoms with van der Waals surface area (Å²) < 4.78 is 45.5. The summed E-state index contributed by atoms with van der Waals surface area (Å²) in [6.07, 6.45) is -3.51. The van der Waals surface area contributed by atoms with E-state index in [0.29, 0.717) is 17.1 Å². The Morgan fingerprint density at radius 3 is 2.68 bits per heavy atom. The van der Waals surface area contributed by atoms with Gasteiger partial charge in [0.15, 0.2) is 29.4 Å². The molecule has 1 fully saturated rings. The lowest BCUT2D eigenvalue weighted by molar-refractivity contribution is -0.118. The first-order valence-corrected chi connectivity index (χ1v) is 12.8. The molecular weight excluding hydrogens is 506 g/mol. The van der Waals surface area contributed by atoms with Gasteiger partial charge in [0.1, 0.15) is 17.5 Å². The summed E-state index contributed by atoms with van der Waals surface area (Å²) in [6, 6.07) is 8.45. The summed E-state index contributed by atoms with van der Waals surface area (Å²) in [5.41, 5.74) is -1.000. The number of para-hydroxylation sites is 1. The molecule has 1 aliphatic rings. The van der Waals surface area contributed by atoms with Gasteiger partial charge in [-0.2, -0.15) is 9.97 Å². The van der Waals surface area contributed by atoms with E-state index in [1.54, 1.807) is 63.2 Å². The minimum atomic E-state index is -3.00. The minimum Gasteiger partial charge on any atom is -0.426 e. The van der Waals surface area contributed by atoms with Gasteiger partial charge in [-0.3, -0.25) is 19.2 Å². The first-order valence-electron chi connectivity index (χ1n) is 11.6. The van der Waals surface area contributed by atoms with Gasteiger partial charge < -0.3 is 19.3 Å². The van der Waals surface area contributed by atoms with Gasteiger partial charge in [-0.25, -0.2) is 13.9 Å². The largest absolute Gasteiger partial charge is 0.426 e. The molecule has 0 saturated carbocycles. The van der Waals surface area contributed by atoms with E-state index in [-0.39, 0.29) is 23.4 Å². The maximum Gasteiger partial charge on any atom is 0.367 e. The topological polar surface area (TPSA) is 141 Å². The van der Waals surface area contributed by atoms with E-state index in [2.05, 4.69) is 20.3 Å². The Bertz CT molecular complexity index is 1290. The van der Waals surface area contributed by atoms with Crippen LogP contribution in [0.25, 0.3) is 11.2 Å². The molecule has 37 heavy (non-hydrogen) atoms. The SMILES string of the molecule is CC(C)C(=O)Nc1nc(N(C)C)c2ncn([C@@H]3O[C@](C)(CO[PH](=O)Oc4ccccc4)[C@@H](O)[C@H]3F)c2n1. The van der Waals surface area contributed by atoms with Crippen LogP contribution in [0.15, 0.2) is 36.7 Å². The normalized spacial score (nSPS) is 24.4. The summed E-state index contributed by atoms with van der Waals surface area (Å²) in [5, 5.41) is 13.3. The Labute approximate surface area is 213 Å². The molecule has 0 radical (unpaired) electrons. The maximum atomic E-state index is 15.4. The number of halogens is 1. The van der Waals surface area contributed by atoms with Gasteiger partial charge in [-0.05, 0) is 19.1 Å². The van der Waals surface area contributed by atoms with E-state index < -0.39 is 39.0 Å². The quantitative estimate of drug-likeness (QED) is 0.392. The average molecular weight is 537 g/mol. The highest BCUT2D eigenvalue weighted by Gasteiger charge is 2.54. The number of hydrogen-bond acceptors (Lipinski definition) is 10. The molecule has 1 unspecified atom stereocenters. The molecule has 12 nitrogen and oxygen atoms in total. The molecule has 4 rings (SSSR count). The van der Waals surface area contributed by atoms with Crippen molar-refractivity contribution in [2.24, 2.45) is 5.92 Å². The molecule has 0 aliphatic carbocycles. The first kappa shape index (κ1) is 26.9. The van der Waals surface area contributed by atoms with Crippen LogP contribution >= 0.6 is 8.25 Å². The Morgan fingerprint density at radius 2 is 2.03 bits per heavy atom. The van der Waals surface area contributed by atoms with Crippen molar-refractivity contribution < 1.29 is 32.6 Å². The lowest BCUT2D eigenvalue weighted by Crippen LogP contribution is -2.42. The Morgan fingerprint density at radius 1 is 1.32 bits per heavy atom. The number of nitrogens with zero attached hydrogens (tertiary/aromatic N) is 5. The summed E-state index contributed by atoms with van der Waals surface area (Å²) in [7, 11) is 0.494. The second-order valence-corrected chi connectivity index (χ2v) is 10.4. The van der Waals surface area contributed by atoms with Crippen molar-refractivity contribution in [3.8, 4) is 5.75 Å². The van der Waals surface area contributed by atoms with Crippen molar-refractivity contribution in [3.63, 3.8) is 0 Å². The van der Waals surface area contributed by atoms with Gasteiger partial charge >= 0.3 is 8.25 Å². The predicted octanol–water partition coefficient (Wildman–Crippen LogP) is 2.96. The molecule has 200 valence electrons. The molecule has 2 aromatic heterocycles. The summed E-state index contributed by atoms with van der Waals surface area (Å²) in [4.78, 5) is 27.0. The Balaban J connectivity index is 1.58. The number of anilines is 2. The summed E-state index contributed by atoms with van der Waals surface area (Å²) >= 11 is 0. The number of hydrogen-bond donors (Lipinski definition) is 2. The van der Waals surface area contributed by atoms with Crippen molar-refractivity contribution in [1.82, 2.24) is 19.5 Å². The number of aliphatic hydroxyl groups excluding tert-OH is 1. The second-order valence-electron chi connectivity index (χ2n) is 9.40. The molecule has 2 N–H and O–H groups in total. The first-order chi connectivity index (χ1) is 17.5. The molecule has 3 heterocycles. The van der Waals surface area contributed by atoms with Crippen molar-refractivity contribution in [1.29, 1.82) is 0 Å². The lowest BCUT2D eigenvalue weighted by atomic mass is 9.99. The number of carbonyl (C=O) groups is 1. The number of amides is 1. The molecule has 3 aromatic rings. The van der Waals surface area contributed by atoms with Gasteiger partial charge in [0.2, 0.25) is 11.9 Å². The standard InChI is InChI=1S/C23H30FN6O6P/c1-13(2)20(32)28-22-26-18(29(4)5)16-19(27-22)30(12-25-16)21-15(24)17(31)23(3,35-21)11-34-37(33)36-14-9-7-6-8-10-14/h6-10,12-13,15,17,21,31,37H,11H2,1-5H3,(H,26,27,28,32)/t15-,17+,21-,23-/m1/s1. The number of rotatable bonds is 9. The molecule has 1 saturated heterocycles. The highest BCUT2D eigenvalue weighted by Crippen LogP contribution is 2.42. The van der Waals surface area contributed by atoms with Crippen LogP contribution in [0.1, 0.15) is 27.0 Å². The second kappa shape index (κ2) is 10.7. The number of ether oxygens (including phenoxy) is 1. The van der Waals surface area contributed by atoms with Crippen LogP contribution in [0.5, 0.6) is 5.75 Å². The van der Waals surface area contributed by atoms with Crippen LogP contribution in [0, 0.1) is 5.92 Å². The van der Waals surface area contributed by atoms with E-state index in [0.717, 1.165) is 0 Å². The van der Waals surface area contributed by atoms with Crippen LogP contribution in [0.3, 0.4) is 0 Å². The molecule has 1 aliphatic heterocycles. The third kappa shape index (κ3) is 5.59. The van der Waals surface area contributed by atoms with Crippen LogP contribution in [0.4, 0.5) is 16.2 Å². The fraction of sp³-hybridized carbons (Fsp3) is 0.478. The number of imidazole rings is 1. The maximum absolute atomic E-state index is 15.4. The van der Waals surface area contributed by atoms with E-state index in [4.69, 9.17) is 13.8 Å². The number of fused-ring (bicyclic) bond motifs is 1. The number of alkyl halides is 1. The average Bonchev–Trinajstić information content (AvgIpc) is 3.37. The van der Waals surface area contributed by atoms with Gasteiger partial charge in [0.25, 0.3) is 0 Å². The van der Waals surface area contributed by atoms with Gasteiger partial charge in [-0.1, -0.05) is 32.0 Å². The summed E-state index contributed by atoms with van der Waals surface area (Å²) in [6.45, 7) is 4.52. The number of benzene rings is 1. The molecule has 14 heteroatoms. The predicted molar refractivity (Wildman–Crippen MR) is 135 cm³/mol. The van der Waals surface area contributed by atoms with E-state index in [1.165, 1.54) is 17.8 Å². The zero-order chi connectivity index (χ0) is 26.9. The van der Waals surface area contributed by atoms with E-state index >= 15 is 4.39 Å². The summed E-state index contributed by atoms with van der Waals surface area (Å²) in [5.74, 6) is 0.179. The molecule has 5 atom stereocenters. The van der Waals surface area contributed by atoms with Crippen molar-refractivity contribution in [2.45, 2.75) is 44.9 Å². The highest BCUT2D eigenvalue weighted by atomic mass is 31.1. The molecule has 0 spiro atoms. The monoisotopic (exact) mass is 536 g/mol. The molecule has 0 bridgehead atoms. The van der Waals surface area contributed by atoms with Crippen LogP contribution < -0.4 is 14.7 Å². The number of aliphatic hydroxyl groups is 1. The molecule has 1 aromatic carbocycles. The zero-order valence-electron chi connectivity index (χ0n) is 21.1. The van der Waals surface area contributed by atoms with Gasteiger partial charge in [0.05, 0.1) is 12.9 Å². The van der Waals surface area contributed by atoms with E-state index in [9.17, 15) is 14.5 Å². The van der Waals surface area contributed by atoms with Gasteiger partial charge in [-0.15, -0.1) is 0 Å². The minimum absolute atomic E-state index is 0.0216. The fourth-order valence-corrected chi connectivity index (χ4v) is 4.55. The van der Waals surface area contributed by atoms with Crippen LogP contribution in [0.2, 0.25) is 0 Å². The van der Waals surface area contributed by atoms with Crippen molar-refractivity contribution in [2.75, 3.05) is 30.9 Å². The number of nitrogens with one attached hydrogen (secondary N) is 1. The Hall–Kier alpha value is -3.12. The number of carbonyl (C=O) groups excluding carboxylic acids is 1. The van der Waals surface area contributed by atoms with Crippen molar-refractivity contribution >= 4 is 37.1 Å².